The molecule has 0 bridgehead atoms. The van der Waals surface area contributed by atoms with Gasteiger partial charge in [0.1, 0.15) is 18.2 Å². The Morgan fingerprint density at radius 1 is 0.902 bits per heavy atom. The number of halogens is 6. The molecular weight excluding hydrogens is 578 g/mol. The van der Waals surface area contributed by atoms with Gasteiger partial charge in [-0.25, -0.2) is 13.4 Å². The molecule has 0 aliphatic rings. The molecule has 0 saturated carbocycles. The summed E-state index contributed by atoms with van der Waals surface area (Å²) in [4.78, 5) is 24.8. The number of amides is 1. The van der Waals surface area contributed by atoms with Crippen LogP contribution in [0.3, 0.4) is 0 Å². The second-order valence-corrected chi connectivity index (χ2v) is 10.7. The molecule has 1 aromatic carbocycles. The number of ether oxygens (including phenoxy) is 1. The number of hydrogen-bond donors (Lipinski definition) is 0. The van der Waals surface area contributed by atoms with E-state index in [9.17, 15) is 39.6 Å². The number of sulfone groups is 1. The lowest BCUT2D eigenvalue weighted by molar-refractivity contribution is -0.138. The molecule has 0 radical (unpaired) electrons. The molecule has 1 amide bonds. The molecule has 2 heterocycles. The number of aliphatic imine (C=N–C) groups is 1. The molecule has 220 valence electrons. The number of pyridine rings is 2. The molecule has 3 aromatic rings. The number of carbonyl (C=O) groups excluding carboxylic acids is 1. The monoisotopic (exact) mass is 602 g/mol. The fourth-order valence-corrected chi connectivity index (χ4v) is 4.59. The number of carbonyl (C=O) groups is 1. The summed E-state index contributed by atoms with van der Waals surface area (Å²) in [6.07, 6.45) is -7.51. The van der Waals surface area contributed by atoms with Crippen molar-refractivity contribution in [3.63, 3.8) is 0 Å². The lowest BCUT2D eigenvalue weighted by atomic mass is 10.0. The van der Waals surface area contributed by atoms with Crippen molar-refractivity contribution in [2.75, 3.05) is 24.0 Å². The van der Waals surface area contributed by atoms with Crippen molar-refractivity contribution >= 4 is 27.4 Å². The maximum Gasteiger partial charge on any atom is 0.417 e. The average Bonchev–Trinajstić information content (AvgIpc) is 2.91. The maximum absolute atomic E-state index is 13.2. The number of aromatic nitrogens is 2. The molecule has 8 nitrogen and oxygen atoms in total. The van der Waals surface area contributed by atoms with E-state index in [1.54, 1.807) is 6.92 Å². The molecular formula is C26H24F6N4O4S. The van der Waals surface area contributed by atoms with Crippen LogP contribution >= 0.6 is 0 Å². The smallest absolute Gasteiger partial charge is 0.361 e. The standard InChI is InChI=1S/C26H24F6N4O4S/c1-4-40-15-36(22-11-10-20(14-33-22)26(30,31)32)24(35-16(3)37)23-21(41(38,39)5-2)12-18(13-34-23)17-6-8-19(9-7-17)25(27,28)29/h6-14H,4-5,15H2,1-3H3. The van der Waals surface area contributed by atoms with Crippen LogP contribution in [0.5, 0.6) is 0 Å². The van der Waals surface area contributed by atoms with Crippen LogP contribution in [0.25, 0.3) is 11.1 Å². The first-order valence-electron chi connectivity index (χ1n) is 12.0. The van der Waals surface area contributed by atoms with Gasteiger partial charge in [-0.2, -0.15) is 31.3 Å². The van der Waals surface area contributed by atoms with E-state index in [2.05, 4.69) is 15.0 Å². The van der Waals surface area contributed by atoms with Gasteiger partial charge in [0.15, 0.2) is 15.7 Å². The van der Waals surface area contributed by atoms with Gasteiger partial charge in [-0.1, -0.05) is 19.1 Å². The Bertz CT molecular complexity index is 1520. The molecule has 15 heteroatoms. The van der Waals surface area contributed by atoms with Crippen molar-refractivity contribution in [2.24, 2.45) is 4.99 Å². The fourth-order valence-electron chi connectivity index (χ4n) is 3.54. The van der Waals surface area contributed by atoms with Crippen molar-refractivity contribution in [1.29, 1.82) is 0 Å². The molecule has 0 spiro atoms. The zero-order valence-corrected chi connectivity index (χ0v) is 22.7. The van der Waals surface area contributed by atoms with Gasteiger partial charge in [0.25, 0.3) is 0 Å². The van der Waals surface area contributed by atoms with Gasteiger partial charge in [-0.3, -0.25) is 14.7 Å². The fraction of sp³-hybridized carbons (Fsp3) is 0.308. The topological polar surface area (TPSA) is 102 Å². The van der Waals surface area contributed by atoms with E-state index in [0.29, 0.717) is 6.20 Å². The third kappa shape index (κ3) is 7.67. The van der Waals surface area contributed by atoms with Gasteiger partial charge in [-0.15, -0.1) is 0 Å². The van der Waals surface area contributed by atoms with Crippen molar-refractivity contribution in [3.8, 4) is 11.1 Å². The number of rotatable bonds is 8. The van der Waals surface area contributed by atoms with Crippen LogP contribution in [-0.2, 0) is 31.7 Å². The van der Waals surface area contributed by atoms with E-state index >= 15 is 0 Å². The summed E-state index contributed by atoms with van der Waals surface area (Å²) < 4.78 is 110. The Balaban J connectivity index is 2.23. The highest BCUT2D eigenvalue weighted by molar-refractivity contribution is 7.91. The first kappa shape index (κ1) is 31.7. The van der Waals surface area contributed by atoms with E-state index in [1.165, 1.54) is 19.2 Å². The SMILES string of the molecule is CCOCN(C(=NC(C)=O)c1ncc(-c2ccc(C(F)(F)F)cc2)cc1S(=O)(=O)CC)c1ccc(C(F)(F)F)cn1. The zero-order chi connectivity index (χ0) is 30.6. The second kappa shape index (κ2) is 12.3. The Labute approximate surface area is 231 Å². The number of nitrogens with zero attached hydrogens (tertiary/aromatic N) is 4. The molecule has 3 rings (SSSR count). The predicted octanol–water partition coefficient (Wildman–Crippen LogP) is 5.77. The van der Waals surface area contributed by atoms with E-state index in [1.807, 2.05) is 0 Å². The summed E-state index contributed by atoms with van der Waals surface area (Å²) in [6.45, 7) is 3.79. The average molecular weight is 603 g/mol. The minimum absolute atomic E-state index is 0.130. The van der Waals surface area contributed by atoms with Crippen LogP contribution in [0.4, 0.5) is 32.2 Å². The summed E-state index contributed by atoms with van der Waals surface area (Å²) >= 11 is 0. The van der Waals surface area contributed by atoms with Crippen molar-refractivity contribution in [1.82, 2.24) is 9.97 Å². The third-order valence-corrected chi connectivity index (χ3v) is 7.36. The number of alkyl halides is 6. The second-order valence-electron chi connectivity index (χ2n) is 8.46. The Kier molecular flexibility index (Phi) is 9.54. The number of amidine groups is 1. The minimum Gasteiger partial charge on any atom is -0.361 e. The van der Waals surface area contributed by atoms with Crippen LogP contribution < -0.4 is 4.90 Å². The lowest BCUT2D eigenvalue weighted by Crippen LogP contribution is -2.37. The first-order chi connectivity index (χ1) is 19.1. The predicted molar refractivity (Wildman–Crippen MR) is 138 cm³/mol. The van der Waals surface area contributed by atoms with Crippen molar-refractivity contribution in [2.45, 2.75) is 38.0 Å². The molecule has 0 aliphatic heterocycles. The van der Waals surface area contributed by atoms with E-state index < -0.39 is 56.6 Å². The van der Waals surface area contributed by atoms with E-state index in [4.69, 9.17) is 4.74 Å². The summed E-state index contributed by atoms with van der Waals surface area (Å²) in [5.41, 5.74) is -1.90. The molecule has 0 aliphatic carbocycles. The van der Waals surface area contributed by atoms with Gasteiger partial charge in [0, 0.05) is 31.5 Å². The number of hydrogen-bond acceptors (Lipinski definition) is 6. The van der Waals surface area contributed by atoms with Gasteiger partial charge in [0.05, 0.1) is 21.8 Å². The van der Waals surface area contributed by atoms with Gasteiger partial charge >= 0.3 is 12.4 Å². The zero-order valence-electron chi connectivity index (χ0n) is 21.9. The quantitative estimate of drug-likeness (QED) is 0.140. The summed E-state index contributed by atoms with van der Waals surface area (Å²) in [5, 5.41) is 0. The Morgan fingerprint density at radius 3 is 2.00 bits per heavy atom. The number of anilines is 1. The highest BCUT2D eigenvalue weighted by Gasteiger charge is 2.33. The van der Waals surface area contributed by atoms with Crippen LogP contribution in [0.2, 0.25) is 0 Å². The highest BCUT2D eigenvalue weighted by Crippen LogP contribution is 2.33. The largest absolute Gasteiger partial charge is 0.417 e. The molecule has 0 atom stereocenters. The first-order valence-corrected chi connectivity index (χ1v) is 13.6. The molecule has 0 N–H and O–H groups in total. The summed E-state index contributed by atoms with van der Waals surface area (Å²) in [7, 11) is -4.11. The Morgan fingerprint density at radius 2 is 1.51 bits per heavy atom. The van der Waals surface area contributed by atoms with Crippen molar-refractivity contribution < 1.29 is 44.3 Å². The van der Waals surface area contributed by atoms with Crippen LogP contribution in [0.15, 0.2) is 64.7 Å². The molecule has 2 aromatic heterocycles. The Hall–Kier alpha value is -3.85. The highest BCUT2D eigenvalue weighted by atomic mass is 32.2. The van der Waals surface area contributed by atoms with E-state index in [0.717, 1.165) is 48.2 Å². The van der Waals surface area contributed by atoms with Crippen LogP contribution in [0.1, 0.15) is 37.6 Å². The normalized spacial score (nSPS) is 12.9. The summed E-state index contributed by atoms with van der Waals surface area (Å²) in [6, 6.07) is 6.90. The maximum atomic E-state index is 13.2. The van der Waals surface area contributed by atoms with Crippen molar-refractivity contribution in [3.05, 3.63) is 71.7 Å². The van der Waals surface area contributed by atoms with Crippen LogP contribution in [0, 0.1) is 0 Å². The van der Waals surface area contributed by atoms with Gasteiger partial charge in [-0.05, 0) is 42.8 Å². The molecule has 41 heavy (non-hydrogen) atoms. The van der Waals surface area contributed by atoms with Gasteiger partial charge < -0.3 is 4.74 Å². The lowest BCUT2D eigenvalue weighted by Gasteiger charge is -2.26. The number of benzene rings is 1. The van der Waals surface area contributed by atoms with E-state index in [-0.39, 0.29) is 35.1 Å². The third-order valence-electron chi connectivity index (χ3n) is 5.62. The molecule has 0 unspecified atom stereocenters. The van der Waals surface area contributed by atoms with Crippen LogP contribution in [-0.4, -0.2) is 49.2 Å². The molecule has 0 saturated heterocycles. The summed E-state index contributed by atoms with van der Waals surface area (Å²) in [5.74, 6) is -1.74. The molecule has 0 fully saturated rings. The van der Waals surface area contributed by atoms with Gasteiger partial charge in [0.2, 0.25) is 5.91 Å². The minimum atomic E-state index is -4.68.